The summed E-state index contributed by atoms with van der Waals surface area (Å²) < 4.78 is 11.3. The first-order chi connectivity index (χ1) is 9.95. The quantitative estimate of drug-likeness (QED) is 0.737. The lowest BCUT2D eigenvalue weighted by molar-refractivity contribution is -0.213. The molecule has 1 aromatic rings. The fraction of sp³-hybridized carbons (Fsp3) is 0.500. The molecule has 1 fully saturated rings. The van der Waals surface area contributed by atoms with Gasteiger partial charge in [-0.05, 0) is 24.6 Å². The molecule has 0 amide bonds. The molecular formula is C14H16O6S. The minimum Gasteiger partial charge on any atom is -0.481 e. The van der Waals surface area contributed by atoms with Gasteiger partial charge in [0.2, 0.25) is 6.29 Å². The predicted octanol–water partition coefficient (Wildman–Crippen LogP) is 0.633. The number of ether oxygens (including phenoxy) is 2. The summed E-state index contributed by atoms with van der Waals surface area (Å²) in [4.78, 5) is 11.5. The number of aliphatic hydroxyl groups is 2. The first-order valence-corrected chi connectivity index (χ1v) is 7.53. The molecule has 0 unspecified atom stereocenters. The summed E-state index contributed by atoms with van der Waals surface area (Å²) >= 11 is 1.34. The van der Waals surface area contributed by atoms with Crippen molar-refractivity contribution < 1.29 is 29.6 Å². The summed E-state index contributed by atoms with van der Waals surface area (Å²) in [6.07, 6.45) is -3.12. The van der Waals surface area contributed by atoms with Gasteiger partial charge in [0, 0.05) is 0 Å². The highest BCUT2D eigenvalue weighted by atomic mass is 32.2. The third-order valence-corrected chi connectivity index (χ3v) is 5.00. The molecule has 2 heterocycles. The fourth-order valence-corrected chi connectivity index (χ4v) is 3.80. The molecule has 114 valence electrons. The first-order valence-electron chi connectivity index (χ1n) is 6.65. The predicted molar refractivity (Wildman–Crippen MR) is 74.4 cm³/mol. The number of carboxylic acids is 1. The Morgan fingerprint density at radius 1 is 1.33 bits per heavy atom. The van der Waals surface area contributed by atoms with Gasteiger partial charge in [-0.25, -0.2) is 0 Å². The molecule has 3 rings (SSSR count). The van der Waals surface area contributed by atoms with Gasteiger partial charge in [-0.15, -0.1) is 11.8 Å². The van der Waals surface area contributed by atoms with Crippen LogP contribution in [0, 0.1) is 0 Å². The number of rotatable bonds is 2. The van der Waals surface area contributed by atoms with Crippen LogP contribution in [0.1, 0.15) is 12.5 Å². The number of hydrogen-bond acceptors (Lipinski definition) is 6. The maximum Gasteiger partial charge on any atom is 0.307 e. The lowest BCUT2D eigenvalue weighted by Crippen LogP contribution is -2.57. The molecule has 3 N–H and O–H groups in total. The van der Waals surface area contributed by atoms with Crippen molar-refractivity contribution >= 4 is 17.7 Å². The Balaban J connectivity index is 1.86. The lowest BCUT2D eigenvalue weighted by atomic mass is 10.0. The van der Waals surface area contributed by atoms with Crippen LogP contribution in [0.15, 0.2) is 23.1 Å². The molecule has 0 radical (unpaired) electrons. The molecule has 5 atom stereocenters. The van der Waals surface area contributed by atoms with Gasteiger partial charge in [0.15, 0.2) is 0 Å². The van der Waals surface area contributed by atoms with Crippen LogP contribution in [0.5, 0.6) is 5.75 Å². The summed E-state index contributed by atoms with van der Waals surface area (Å²) in [6, 6.07) is 5.15. The average molecular weight is 312 g/mol. The summed E-state index contributed by atoms with van der Waals surface area (Å²) in [5.74, 6) is -0.300. The van der Waals surface area contributed by atoms with E-state index in [1.807, 2.05) is 0 Å². The van der Waals surface area contributed by atoms with Crippen LogP contribution in [0.3, 0.4) is 0 Å². The Hall–Kier alpha value is -1.28. The van der Waals surface area contributed by atoms with E-state index in [9.17, 15) is 15.0 Å². The number of benzene rings is 1. The number of carboxylic acid groups (broad SMARTS) is 1. The topological polar surface area (TPSA) is 96.2 Å². The number of fused-ring (bicyclic) bond motifs is 2. The highest BCUT2D eigenvalue weighted by Crippen LogP contribution is 2.44. The van der Waals surface area contributed by atoms with E-state index in [0.29, 0.717) is 11.3 Å². The van der Waals surface area contributed by atoms with Crippen molar-refractivity contribution in [1.82, 2.24) is 0 Å². The zero-order chi connectivity index (χ0) is 15.1. The molecule has 1 saturated heterocycles. The van der Waals surface area contributed by atoms with Gasteiger partial charge >= 0.3 is 5.97 Å². The van der Waals surface area contributed by atoms with E-state index in [-0.39, 0.29) is 6.42 Å². The van der Waals surface area contributed by atoms with E-state index in [4.69, 9.17) is 14.6 Å². The third-order valence-electron chi connectivity index (χ3n) is 3.65. The lowest BCUT2D eigenvalue weighted by Gasteiger charge is -2.43. The van der Waals surface area contributed by atoms with Crippen LogP contribution in [0.25, 0.3) is 0 Å². The summed E-state index contributed by atoms with van der Waals surface area (Å²) in [5.41, 5.74) is 0.663. The Morgan fingerprint density at radius 3 is 2.81 bits per heavy atom. The van der Waals surface area contributed by atoms with E-state index >= 15 is 0 Å². The number of thioether (sulfide) groups is 1. The van der Waals surface area contributed by atoms with Gasteiger partial charge in [0.25, 0.3) is 0 Å². The summed E-state index contributed by atoms with van der Waals surface area (Å²) in [6.45, 7) is 1.68. The second-order valence-electron chi connectivity index (χ2n) is 5.24. The van der Waals surface area contributed by atoms with Crippen LogP contribution < -0.4 is 4.74 Å². The van der Waals surface area contributed by atoms with Gasteiger partial charge < -0.3 is 24.8 Å². The molecular weight excluding hydrogens is 296 g/mol. The van der Waals surface area contributed by atoms with Gasteiger partial charge in [-0.2, -0.15) is 0 Å². The van der Waals surface area contributed by atoms with E-state index < -0.39 is 35.8 Å². The third kappa shape index (κ3) is 2.74. The van der Waals surface area contributed by atoms with Gasteiger partial charge in [0.05, 0.1) is 17.4 Å². The van der Waals surface area contributed by atoms with Crippen LogP contribution in [-0.4, -0.2) is 51.1 Å². The maximum absolute atomic E-state index is 10.8. The van der Waals surface area contributed by atoms with Crippen molar-refractivity contribution in [2.45, 2.75) is 48.1 Å². The molecule has 2 aliphatic heterocycles. The Kier molecular flexibility index (Phi) is 3.83. The van der Waals surface area contributed by atoms with Gasteiger partial charge in [-0.3, -0.25) is 4.79 Å². The normalized spacial score (nSPS) is 34.5. The molecule has 21 heavy (non-hydrogen) atoms. The van der Waals surface area contributed by atoms with Crippen LogP contribution in [0.2, 0.25) is 0 Å². The minimum atomic E-state index is -0.967. The zero-order valence-electron chi connectivity index (χ0n) is 11.3. The standard InChI is InChI=1S/C14H16O6S/c1-6-11(17)12(18)13-14(19-6)20-8-3-2-7(5-10(15)16)4-9(8)21-13/h2-4,6,11-14,17-18H,5H2,1H3,(H,15,16)/t6-,11+,12+,13-,14-/m0/s1. The molecule has 0 aliphatic carbocycles. The molecule has 0 aromatic heterocycles. The summed E-state index contributed by atoms with van der Waals surface area (Å²) in [5, 5.41) is 28.4. The van der Waals surface area contributed by atoms with E-state index in [2.05, 4.69) is 0 Å². The van der Waals surface area contributed by atoms with Crippen molar-refractivity contribution in [3.63, 3.8) is 0 Å². The highest BCUT2D eigenvalue weighted by molar-refractivity contribution is 8.00. The fourth-order valence-electron chi connectivity index (χ4n) is 2.52. The molecule has 7 heteroatoms. The SMILES string of the molecule is C[C@@H]1O[C@H]2Oc3ccc(CC(=O)O)cc3S[C@H]2[C@H](O)[C@@H]1O. The number of carbonyl (C=O) groups is 1. The molecule has 0 spiro atoms. The van der Waals surface area contributed by atoms with Crippen LogP contribution in [0.4, 0.5) is 0 Å². The Bertz CT molecular complexity index is 562. The number of hydrogen-bond donors (Lipinski definition) is 3. The smallest absolute Gasteiger partial charge is 0.307 e. The van der Waals surface area contributed by atoms with Crippen molar-refractivity contribution in [3.8, 4) is 5.75 Å². The van der Waals surface area contributed by atoms with Gasteiger partial charge in [-0.1, -0.05) is 6.07 Å². The zero-order valence-corrected chi connectivity index (χ0v) is 12.1. The molecule has 1 aromatic carbocycles. The first kappa shape index (κ1) is 14.6. The number of aliphatic hydroxyl groups excluding tert-OH is 2. The molecule has 0 saturated carbocycles. The van der Waals surface area contributed by atoms with Gasteiger partial charge in [0.1, 0.15) is 23.2 Å². The molecule has 2 aliphatic rings. The van der Waals surface area contributed by atoms with Crippen LogP contribution >= 0.6 is 11.8 Å². The molecule has 0 bridgehead atoms. The maximum atomic E-state index is 10.8. The minimum absolute atomic E-state index is 0.0688. The molecule has 6 nitrogen and oxygen atoms in total. The average Bonchev–Trinajstić information content (AvgIpc) is 2.43. The van der Waals surface area contributed by atoms with E-state index in [1.165, 1.54) is 11.8 Å². The van der Waals surface area contributed by atoms with Crippen LogP contribution in [-0.2, 0) is 16.0 Å². The summed E-state index contributed by atoms with van der Waals surface area (Å²) in [7, 11) is 0. The highest BCUT2D eigenvalue weighted by Gasteiger charge is 2.47. The van der Waals surface area contributed by atoms with Crippen molar-refractivity contribution in [1.29, 1.82) is 0 Å². The van der Waals surface area contributed by atoms with Crippen molar-refractivity contribution in [2.75, 3.05) is 0 Å². The second kappa shape index (κ2) is 5.49. The van der Waals surface area contributed by atoms with E-state index in [1.54, 1.807) is 25.1 Å². The number of aliphatic carboxylic acids is 1. The van der Waals surface area contributed by atoms with E-state index in [0.717, 1.165) is 4.90 Å². The Labute approximate surface area is 125 Å². The monoisotopic (exact) mass is 312 g/mol. The van der Waals surface area contributed by atoms with Crippen molar-refractivity contribution in [3.05, 3.63) is 23.8 Å². The van der Waals surface area contributed by atoms with Crippen molar-refractivity contribution in [2.24, 2.45) is 0 Å². The largest absolute Gasteiger partial charge is 0.481 e. The second-order valence-corrected chi connectivity index (χ2v) is 6.46. The Morgan fingerprint density at radius 2 is 2.10 bits per heavy atom.